The van der Waals surface area contributed by atoms with E-state index >= 15 is 0 Å². The van der Waals surface area contributed by atoms with E-state index in [-0.39, 0.29) is 30.6 Å². The predicted molar refractivity (Wildman–Crippen MR) is 122 cm³/mol. The highest BCUT2D eigenvalue weighted by Crippen LogP contribution is 2.21. The quantitative estimate of drug-likeness (QED) is 0.229. The van der Waals surface area contributed by atoms with E-state index in [2.05, 4.69) is 47.0 Å². The normalized spacial score (nSPS) is 11.1. The molecular formula is C20H27FIN3OS. The third-order valence-corrected chi connectivity index (χ3v) is 4.75. The Morgan fingerprint density at radius 2 is 1.93 bits per heavy atom. The monoisotopic (exact) mass is 503 g/mol. The fraction of sp³-hybridized carbons (Fsp3) is 0.350. The summed E-state index contributed by atoms with van der Waals surface area (Å²) in [7, 11) is 0. The van der Waals surface area contributed by atoms with E-state index in [1.165, 1.54) is 22.1 Å². The highest BCUT2D eigenvalue weighted by atomic mass is 127. The molecular weight excluding hydrogens is 476 g/mol. The molecule has 7 heteroatoms. The van der Waals surface area contributed by atoms with Gasteiger partial charge in [0, 0.05) is 23.5 Å². The molecule has 0 saturated carbocycles. The van der Waals surface area contributed by atoms with Crippen molar-refractivity contribution in [3.05, 3.63) is 64.5 Å². The van der Waals surface area contributed by atoms with Crippen molar-refractivity contribution in [1.29, 1.82) is 0 Å². The van der Waals surface area contributed by atoms with Crippen LogP contribution >= 0.6 is 35.7 Å². The molecule has 4 nitrogen and oxygen atoms in total. The van der Waals surface area contributed by atoms with E-state index in [0.717, 1.165) is 12.1 Å². The molecule has 27 heavy (non-hydrogen) atoms. The summed E-state index contributed by atoms with van der Waals surface area (Å²) in [6, 6.07) is 11.1. The Morgan fingerprint density at radius 3 is 2.59 bits per heavy atom. The summed E-state index contributed by atoms with van der Waals surface area (Å²) in [5, 5.41) is 15.7. The second-order valence-corrected chi connectivity index (χ2v) is 6.80. The van der Waals surface area contributed by atoms with Crippen molar-refractivity contribution < 1.29 is 9.50 Å². The van der Waals surface area contributed by atoms with Crippen molar-refractivity contribution in [3.8, 4) is 0 Å². The first-order valence-electron chi connectivity index (χ1n) is 8.61. The van der Waals surface area contributed by atoms with Gasteiger partial charge in [-0.2, -0.15) is 0 Å². The number of aliphatic hydroxyl groups is 1. The lowest BCUT2D eigenvalue weighted by Crippen LogP contribution is -2.36. The Bertz CT molecular complexity index is 771. The third-order valence-electron chi connectivity index (χ3n) is 3.93. The molecule has 0 aromatic heterocycles. The van der Waals surface area contributed by atoms with Crippen LogP contribution in [0.4, 0.5) is 4.39 Å². The Hall–Kier alpha value is -1.32. The van der Waals surface area contributed by atoms with Crippen molar-refractivity contribution in [2.24, 2.45) is 4.99 Å². The lowest BCUT2D eigenvalue weighted by Gasteiger charge is -2.14. The summed E-state index contributed by atoms with van der Waals surface area (Å²) >= 11 is 1.73. The van der Waals surface area contributed by atoms with Gasteiger partial charge < -0.3 is 15.7 Å². The number of hydrogen-bond acceptors (Lipinski definition) is 3. The number of nitrogens with one attached hydrogen (secondary N) is 2. The molecule has 0 fully saturated rings. The molecule has 0 bridgehead atoms. The fourth-order valence-electron chi connectivity index (χ4n) is 2.54. The van der Waals surface area contributed by atoms with Gasteiger partial charge in [0.15, 0.2) is 5.96 Å². The van der Waals surface area contributed by atoms with Crippen LogP contribution in [-0.4, -0.2) is 23.9 Å². The number of aliphatic hydroxyl groups excluding tert-OH is 1. The van der Waals surface area contributed by atoms with Crippen molar-refractivity contribution in [1.82, 2.24) is 10.6 Å². The first-order valence-corrected chi connectivity index (χ1v) is 9.83. The van der Waals surface area contributed by atoms with Crippen LogP contribution in [0, 0.1) is 12.7 Å². The van der Waals surface area contributed by atoms with Gasteiger partial charge in [-0.1, -0.05) is 18.2 Å². The minimum atomic E-state index is -0.394. The van der Waals surface area contributed by atoms with Crippen LogP contribution in [0.1, 0.15) is 29.2 Å². The van der Waals surface area contributed by atoms with Gasteiger partial charge in [-0.05, 0) is 55.0 Å². The van der Waals surface area contributed by atoms with Crippen molar-refractivity contribution in [3.63, 3.8) is 0 Å². The molecule has 0 aliphatic heterocycles. The van der Waals surface area contributed by atoms with Gasteiger partial charge in [-0.3, -0.25) is 0 Å². The molecule has 0 spiro atoms. The number of nitrogens with zero attached hydrogens (tertiary/aromatic N) is 1. The average molecular weight is 503 g/mol. The second kappa shape index (κ2) is 12.2. The van der Waals surface area contributed by atoms with Crippen LogP contribution in [0.25, 0.3) is 0 Å². The van der Waals surface area contributed by atoms with Gasteiger partial charge in [0.05, 0.1) is 13.2 Å². The summed E-state index contributed by atoms with van der Waals surface area (Å²) in [6.45, 7) is 5.62. The number of thioether (sulfide) groups is 1. The highest BCUT2D eigenvalue weighted by molar-refractivity contribution is 14.0. The minimum absolute atomic E-state index is 0. The van der Waals surface area contributed by atoms with Crippen LogP contribution in [0.3, 0.4) is 0 Å². The zero-order valence-electron chi connectivity index (χ0n) is 15.9. The van der Waals surface area contributed by atoms with Gasteiger partial charge in [0.25, 0.3) is 0 Å². The molecule has 3 N–H and O–H groups in total. The molecule has 0 aliphatic carbocycles. The fourth-order valence-corrected chi connectivity index (χ4v) is 3.24. The maximum atomic E-state index is 13.5. The standard InChI is InChI=1S/C20H26FN3OS.HI/c1-4-22-20(23-11-15-6-8-18(21)17(10-15)13-25)24-12-16-7-5-14(2)9-19(16)26-3;/h5-10,25H,4,11-13H2,1-3H3,(H2,22,23,24);1H. The number of hydrogen-bond donors (Lipinski definition) is 3. The summed E-state index contributed by atoms with van der Waals surface area (Å²) < 4.78 is 13.5. The molecule has 148 valence electrons. The highest BCUT2D eigenvalue weighted by Gasteiger charge is 2.05. The van der Waals surface area contributed by atoms with Crippen LogP contribution in [0.15, 0.2) is 46.3 Å². The Labute approximate surface area is 182 Å². The summed E-state index contributed by atoms with van der Waals surface area (Å²) in [5.41, 5.74) is 3.61. The maximum Gasteiger partial charge on any atom is 0.191 e. The van der Waals surface area contributed by atoms with E-state index in [9.17, 15) is 9.50 Å². The summed E-state index contributed by atoms with van der Waals surface area (Å²) in [5.74, 6) is 0.309. The SMILES string of the molecule is CCNC(=NCc1ccc(F)c(CO)c1)NCc1ccc(C)cc1SC.I. The zero-order valence-corrected chi connectivity index (χ0v) is 19.0. The zero-order chi connectivity index (χ0) is 18.9. The van der Waals surface area contributed by atoms with Crippen LogP contribution in [0.5, 0.6) is 0 Å². The number of rotatable bonds is 7. The number of halogens is 2. The van der Waals surface area contributed by atoms with E-state index in [1.807, 2.05) is 6.92 Å². The minimum Gasteiger partial charge on any atom is -0.392 e. The van der Waals surface area contributed by atoms with Crippen molar-refractivity contribution >= 4 is 41.7 Å². The molecule has 0 saturated heterocycles. The van der Waals surface area contributed by atoms with Crippen LogP contribution in [0.2, 0.25) is 0 Å². The average Bonchev–Trinajstić information content (AvgIpc) is 2.65. The largest absolute Gasteiger partial charge is 0.392 e. The van der Waals surface area contributed by atoms with Crippen molar-refractivity contribution in [2.75, 3.05) is 12.8 Å². The molecule has 0 radical (unpaired) electrons. The van der Waals surface area contributed by atoms with E-state index < -0.39 is 5.82 Å². The smallest absolute Gasteiger partial charge is 0.191 e. The number of guanidine groups is 1. The first kappa shape index (κ1) is 23.7. The Balaban J connectivity index is 0.00000364. The van der Waals surface area contributed by atoms with Crippen molar-refractivity contribution in [2.45, 2.75) is 38.4 Å². The lowest BCUT2D eigenvalue weighted by atomic mass is 10.1. The van der Waals surface area contributed by atoms with E-state index in [0.29, 0.717) is 24.6 Å². The maximum absolute atomic E-state index is 13.5. The summed E-state index contributed by atoms with van der Waals surface area (Å²) in [4.78, 5) is 5.81. The van der Waals surface area contributed by atoms with Gasteiger partial charge in [-0.15, -0.1) is 35.7 Å². The first-order chi connectivity index (χ1) is 12.6. The second-order valence-electron chi connectivity index (χ2n) is 5.95. The molecule has 2 rings (SSSR count). The lowest BCUT2D eigenvalue weighted by molar-refractivity contribution is 0.275. The summed E-state index contributed by atoms with van der Waals surface area (Å²) in [6.07, 6.45) is 2.07. The number of benzene rings is 2. The van der Waals surface area contributed by atoms with Gasteiger partial charge in [0.2, 0.25) is 0 Å². The molecule has 2 aromatic rings. The van der Waals surface area contributed by atoms with Crippen LogP contribution in [-0.2, 0) is 19.7 Å². The van der Waals surface area contributed by atoms with Gasteiger partial charge in [-0.25, -0.2) is 9.38 Å². The van der Waals surface area contributed by atoms with E-state index in [1.54, 1.807) is 23.9 Å². The molecule has 0 unspecified atom stereocenters. The molecule has 2 aromatic carbocycles. The molecule has 0 amide bonds. The molecule has 0 aliphatic rings. The topological polar surface area (TPSA) is 56.7 Å². The molecule has 0 heterocycles. The Morgan fingerprint density at radius 1 is 1.15 bits per heavy atom. The number of aryl methyl sites for hydroxylation is 1. The van der Waals surface area contributed by atoms with E-state index in [4.69, 9.17) is 0 Å². The van der Waals surface area contributed by atoms with Gasteiger partial charge in [0.1, 0.15) is 5.82 Å². The van der Waals surface area contributed by atoms with Gasteiger partial charge >= 0.3 is 0 Å². The predicted octanol–water partition coefficient (Wildman–Crippen LogP) is 4.22. The Kier molecular flexibility index (Phi) is 10.7. The molecule has 0 atom stereocenters. The van der Waals surface area contributed by atoms with Crippen LogP contribution < -0.4 is 10.6 Å². The number of aliphatic imine (C=N–C) groups is 1. The third kappa shape index (κ3) is 7.31.